The molecule has 6 heteroatoms. The number of unbranched alkanes of at least 4 members (excludes halogenated alkanes) is 1. The molecule has 1 unspecified atom stereocenters. The van der Waals surface area contributed by atoms with Crippen LogP contribution in [0, 0.1) is 0 Å². The van der Waals surface area contributed by atoms with Gasteiger partial charge in [-0.3, -0.25) is 0 Å². The first kappa shape index (κ1) is 21.0. The Morgan fingerprint density at radius 3 is 2.77 bits per heavy atom. The summed E-state index contributed by atoms with van der Waals surface area (Å²) in [6.07, 6.45) is 8.33. The molecule has 0 bridgehead atoms. The second kappa shape index (κ2) is 9.71. The summed E-state index contributed by atoms with van der Waals surface area (Å²) in [5, 5.41) is 13.6. The Balaban J connectivity index is 1.33. The minimum Gasteiger partial charge on any atom is -0.493 e. The van der Waals surface area contributed by atoms with Crippen molar-refractivity contribution >= 4 is 22.6 Å². The summed E-state index contributed by atoms with van der Waals surface area (Å²) in [7, 11) is 1.51. The highest BCUT2D eigenvalue weighted by atomic mass is 16.7. The average molecular weight is 421 g/mol. The molecule has 1 aliphatic heterocycles. The highest BCUT2D eigenvalue weighted by Gasteiger charge is 2.16. The van der Waals surface area contributed by atoms with Crippen LogP contribution in [0.4, 0.5) is 4.79 Å². The number of aromatic nitrogens is 1. The molecule has 2 aromatic carbocycles. The summed E-state index contributed by atoms with van der Waals surface area (Å²) >= 11 is 0. The van der Waals surface area contributed by atoms with Gasteiger partial charge >= 0.3 is 6.16 Å². The lowest BCUT2D eigenvalue weighted by atomic mass is 9.92. The molecular formula is C25H28N2O4. The first-order valence-corrected chi connectivity index (χ1v) is 10.7. The van der Waals surface area contributed by atoms with E-state index in [1.807, 2.05) is 12.3 Å². The van der Waals surface area contributed by atoms with Crippen molar-refractivity contribution in [1.82, 2.24) is 10.3 Å². The van der Waals surface area contributed by atoms with Crippen molar-refractivity contribution in [3.63, 3.8) is 0 Å². The Labute approximate surface area is 181 Å². The fourth-order valence-corrected chi connectivity index (χ4v) is 4.30. The molecule has 0 spiro atoms. The number of benzene rings is 2. The lowest BCUT2D eigenvalue weighted by Gasteiger charge is -2.24. The van der Waals surface area contributed by atoms with Crippen LogP contribution in [0.5, 0.6) is 11.5 Å². The van der Waals surface area contributed by atoms with E-state index in [2.05, 4.69) is 46.7 Å². The SMILES string of the molecule is COc1cc2c(CCCCC3CC(c4ccccc4)=CCN3)c[nH]c2cc1OC(=O)O. The van der Waals surface area contributed by atoms with Crippen molar-refractivity contribution in [3.05, 3.63) is 65.9 Å². The van der Waals surface area contributed by atoms with E-state index in [0.29, 0.717) is 11.8 Å². The van der Waals surface area contributed by atoms with Gasteiger partial charge in [0.25, 0.3) is 0 Å². The number of rotatable bonds is 8. The van der Waals surface area contributed by atoms with Crippen LogP contribution in [0.3, 0.4) is 0 Å². The minimum absolute atomic E-state index is 0.196. The summed E-state index contributed by atoms with van der Waals surface area (Å²) in [6.45, 7) is 0.928. The number of ether oxygens (including phenoxy) is 2. The second-order valence-electron chi connectivity index (χ2n) is 7.88. The van der Waals surface area contributed by atoms with Crippen LogP contribution in [0.2, 0.25) is 0 Å². The molecule has 162 valence electrons. The van der Waals surface area contributed by atoms with Crippen LogP contribution in [0.1, 0.15) is 36.8 Å². The number of methoxy groups -OCH3 is 1. The second-order valence-corrected chi connectivity index (χ2v) is 7.88. The number of hydrogen-bond acceptors (Lipinski definition) is 4. The van der Waals surface area contributed by atoms with Crippen LogP contribution in [0.15, 0.2) is 54.7 Å². The number of hydrogen-bond donors (Lipinski definition) is 3. The van der Waals surface area contributed by atoms with Gasteiger partial charge in [-0.25, -0.2) is 4.79 Å². The fraction of sp³-hybridized carbons (Fsp3) is 0.320. The summed E-state index contributed by atoms with van der Waals surface area (Å²) in [5.74, 6) is 0.615. The van der Waals surface area contributed by atoms with Crippen molar-refractivity contribution in [2.75, 3.05) is 13.7 Å². The van der Waals surface area contributed by atoms with Crippen LogP contribution in [-0.2, 0) is 6.42 Å². The van der Waals surface area contributed by atoms with E-state index in [1.54, 1.807) is 6.07 Å². The Hall–Kier alpha value is -3.25. The van der Waals surface area contributed by atoms with E-state index in [-0.39, 0.29) is 5.75 Å². The molecule has 1 aliphatic rings. The maximum atomic E-state index is 10.9. The van der Waals surface area contributed by atoms with E-state index >= 15 is 0 Å². The zero-order valence-electron chi connectivity index (χ0n) is 17.7. The number of fused-ring (bicyclic) bond motifs is 1. The zero-order chi connectivity index (χ0) is 21.6. The summed E-state index contributed by atoms with van der Waals surface area (Å²) in [4.78, 5) is 14.1. The van der Waals surface area contributed by atoms with Gasteiger partial charge in [-0.2, -0.15) is 0 Å². The standard InChI is InChI=1S/C25H28N2O4/c1-30-23-14-21-19(16-27-22(21)15-24(23)31-25(28)29)9-5-6-10-20-13-18(11-12-26-20)17-7-3-2-4-8-17/h2-4,7-8,11,14-16,20,26-27H,5-6,9-10,12-13H2,1H3,(H,28,29). The maximum absolute atomic E-state index is 10.9. The molecular weight excluding hydrogens is 392 g/mol. The highest BCUT2D eigenvalue weighted by molar-refractivity contribution is 5.87. The van der Waals surface area contributed by atoms with E-state index < -0.39 is 6.16 Å². The average Bonchev–Trinajstić information content (AvgIpc) is 3.18. The predicted octanol–water partition coefficient (Wildman–Crippen LogP) is 5.39. The van der Waals surface area contributed by atoms with E-state index in [1.165, 1.54) is 23.8 Å². The van der Waals surface area contributed by atoms with Crippen LogP contribution < -0.4 is 14.8 Å². The number of carbonyl (C=O) groups is 1. The highest BCUT2D eigenvalue weighted by Crippen LogP contribution is 2.34. The molecule has 4 rings (SSSR count). The largest absolute Gasteiger partial charge is 0.511 e. The number of aromatic amines is 1. The Morgan fingerprint density at radius 1 is 1.16 bits per heavy atom. The molecule has 0 saturated carbocycles. The monoisotopic (exact) mass is 420 g/mol. The normalized spacial score (nSPS) is 16.2. The van der Waals surface area contributed by atoms with Gasteiger partial charge in [-0.15, -0.1) is 0 Å². The van der Waals surface area contributed by atoms with Crippen molar-refractivity contribution in [3.8, 4) is 11.5 Å². The number of aryl methyl sites for hydroxylation is 1. The van der Waals surface area contributed by atoms with Crippen molar-refractivity contribution < 1.29 is 19.4 Å². The molecule has 2 heterocycles. The summed E-state index contributed by atoms with van der Waals surface area (Å²) in [6, 6.07) is 14.7. The first-order valence-electron chi connectivity index (χ1n) is 10.7. The Morgan fingerprint density at radius 2 is 2.00 bits per heavy atom. The molecule has 3 N–H and O–H groups in total. The summed E-state index contributed by atoms with van der Waals surface area (Å²) in [5.41, 5.74) is 4.82. The quantitative estimate of drug-likeness (QED) is 0.258. The van der Waals surface area contributed by atoms with Crippen LogP contribution in [-0.4, -0.2) is 35.9 Å². The lowest BCUT2D eigenvalue weighted by molar-refractivity contribution is 0.143. The predicted molar refractivity (Wildman–Crippen MR) is 122 cm³/mol. The molecule has 6 nitrogen and oxygen atoms in total. The topological polar surface area (TPSA) is 83.6 Å². The van der Waals surface area contributed by atoms with Gasteiger partial charge in [0.1, 0.15) is 0 Å². The van der Waals surface area contributed by atoms with E-state index in [9.17, 15) is 4.79 Å². The molecule has 0 amide bonds. The summed E-state index contributed by atoms with van der Waals surface area (Å²) < 4.78 is 10.1. The third-order valence-electron chi connectivity index (χ3n) is 5.86. The van der Waals surface area contributed by atoms with Crippen LogP contribution >= 0.6 is 0 Å². The van der Waals surface area contributed by atoms with E-state index in [4.69, 9.17) is 14.6 Å². The molecule has 0 saturated heterocycles. The van der Waals surface area contributed by atoms with Gasteiger partial charge in [0.05, 0.1) is 7.11 Å². The van der Waals surface area contributed by atoms with Crippen molar-refractivity contribution in [2.24, 2.45) is 0 Å². The lowest BCUT2D eigenvalue weighted by Crippen LogP contribution is -2.32. The molecule has 1 atom stereocenters. The smallest absolute Gasteiger partial charge is 0.493 e. The van der Waals surface area contributed by atoms with E-state index in [0.717, 1.165) is 49.6 Å². The molecule has 1 aromatic heterocycles. The van der Waals surface area contributed by atoms with Crippen molar-refractivity contribution in [2.45, 2.75) is 38.1 Å². The van der Waals surface area contributed by atoms with Gasteiger partial charge in [0, 0.05) is 35.8 Å². The number of H-pyrrole nitrogens is 1. The zero-order valence-corrected chi connectivity index (χ0v) is 17.7. The van der Waals surface area contributed by atoms with Gasteiger partial charge in [0.15, 0.2) is 11.5 Å². The minimum atomic E-state index is -1.36. The van der Waals surface area contributed by atoms with Gasteiger partial charge < -0.3 is 24.9 Å². The molecule has 0 aliphatic carbocycles. The molecule has 31 heavy (non-hydrogen) atoms. The third-order valence-corrected chi connectivity index (χ3v) is 5.86. The molecule has 0 radical (unpaired) electrons. The maximum Gasteiger partial charge on any atom is 0.511 e. The van der Waals surface area contributed by atoms with Gasteiger partial charge in [0.2, 0.25) is 0 Å². The van der Waals surface area contributed by atoms with Crippen LogP contribution in [0.25, 0.3) is 16.5 Å². The fourth-order valence-electron chi connectivity index (χ4n) is 4.30. The van der Waals surface area contributed by atoms with Crippen molar-refractivity contribution in [1.29, 1.82) is 0 Å². The Bertz CT molecular complexity index is 1070. The number of carboxylic acid groups (broad SMARTS) is 1. The third kappa shape index (κ3) is 5.09. The Kier molecular flexibility index (Phi) is 6.57. The molecule has 0 fully saturated rings. The van der Waals surface area contributed by atoms with Gasteiger partial charge in [-0.05, 0) is 48.4 Å². The molecule has 3 aromatic rings. The van der Waals surface area contributed by atoms with Gasteiger partial charge in [-0.1, -0.05) is 42.8 Å². The number of nitrogens with one attached hydrogen (secondary N) is 2. The first-order chi connectivity index (χ1) is 15.1.